The Labute approximate surface area is 144 Å². The Hall–Kier alpha value is -0.380. The van der Waals surface area contributed by atoms with Crippen LogP contribution >= 0.6 is 41.1 Å². The second kappa shape index (κ2) is 6.80. The van der Waals surface area contributed by atoms with Gasteiger partial charge in [0.1, 0.15) is 11.5 Å². The van der Waals surface area contributed by atoms with E-state index in [-0.39, 0.29) is 0 Å². The molecule has 0 aromatic heterocycles. The van der Waals surface area contributed by atoms with Crippen molar-refractivity contribution in [2.24, 2.45) is 0 Å². The molecule has 0 radical (unpaired) electrons. The van der Waals surface area contributed by atoms with Gasteiger partial charge in [0, 0.05) is 10.0 Å². The normalized spacial score (nSPS) is 11.3. The third kappa shape index (κ3) is 4.80. The summed E-state index contributed by atoms with van der Waals surface area (Å²) in [5.74, 6) is 1.17. The minimum absolute atomic E-state index is 0.584. The zero-order valence-corrected chi connectivity index (χ0v) is 15.5. The van der Waals surface area contributed by atoms with E-state index in [0.717, 1.165) is 11.1 Å². The molecule has 0 bridgehead atoms. The van der Waals surface area contributed by atoms with Crippen LogP contribution in [0.1, 0.15) is 11.1 Å². The number of halogens is 2. The molecule has 112 valence electrons. The molecule has 0 heterocycles. The van der Waals surface area contributed by atoms with Crippen LogP contribution in [-0.2, 0) is 11.8 Å². The van der Waals surface area contributed by atoms with Crippen molar-refractivity contribution >= 4 is 53.0 Å². The smallest absolute Gasteiger partial charge is 0.345 e. The Morgan fingerprint density at radius 2 is 1.29 bits per heavy atom. The Bertz CT molecular complexity index is 665. The first-order chi connectivity index (χ1) is 9.77. The zero-order chi connectivity index (χ0) is 15.6. The second-order valence-corrected chi connectivity index (χ2v) is 10.4. The molecular weight excluding hydrogens is 366 g/mol. The average Bonchev–Trinajstić information content (AvgIpc) is 2.37. The molecule has 0 atom stereocenters. The summed E-state index contributed by atoms with van der Waals surface area (Å²) in [5.41, 5.74) is -0.959. The van der Waals surface area contributed by atoms with Crippen molar-refractivity contribution < 1.29 is 9.05 Å². The molecule has 2 aromatic carbocycles. The second-order valence-electron chi connectivity index (χ2n) is 4.47. The lowest BCUT2D eigenvalue weighted by molar-refractivity contribution is 0.506. The first-order valence-corrected chi connectivity index (χ1v) is 10.6. The van der Waals surface area contributed by atoms with Crippen LogP contribution in [0.25, 0.3) is 0 Å². The van der Waals surface area contributed by atoms with Gasteiger partial charge < -0.3 is 9.05 Å². The maximum absolute atomic E-state index is 5.98. The molecule has 2 rings (SSSR count). The van der Waals surface area contributed by atoms with Crippen LogP contribution in [0.3, 0.4) is 0 Å². The summed E-state index contributed by atoms with van der Waals surface area (Å²) in [6.07, 6.45) is 0. The molecule has 0 N–H and O–H groups in total. The highest BCUT2D eigenvalue weighted by atomic mass is 35.5. The Kier molecular flexibility index (Phi) is 5.50. The van der Waals surface area contributed by atoms with E-state index in [1.165, 1.54) is 0 Å². The molecule has 21 heavy (non-hydrogen) atoms. The molecule has 0 aliphatic rings. The predicted octanol–water partition coefficient (Wildman–Crippen LogP) is 6.22. The van der Waals surface area contributed by atoms with Crippen LogP contribution in [0.2, 0.25) is 10.0 Å². The number of hydrogen-bond donors (Lipinski definition) is 1. The highest BCUT2D eigenvalue weighted by molar-refractivity contribution is 8.60. The van der Waals surface area contributed by atoms with Crippen LogP contribution in [0.4, 0.5) is 0 Å². The summed E-state index contributed by atoms with van der Waals surface area (Å²) in [4.78, 5) is 0. The molecule has 2 aromatic rings. The fourth-order valence-corrected chi connectivity index (χ4v) is 3.75. The third-order valence-corrected chi connectivity index (χ3v) is 5.37. The average molecular weight is 379 g/mol. The Morgan fingerprint density at radius 3 is 1.62 bits per heavy atom. The summed E-state index contributed by atoms with van der Waals surface area (Å²) >= 11 is 21.6. The van der Waals surface area contributed by atoms with E-state index in [1.54, 1.807) is 36.4 Å². The maximum Gasteiger partial charge on any atom is 0.345 e. The highest BCUT2D eigenvalue weighted by Crippen LogP contribution is 2.53. The van der Waals surface area contributed by atoms with E-state index >= 15 is 0 Å². The zero-order valence-electron chi connectivity index (χ0n) is 11.3. The van der Waals surface area contributed by atoms with Gasteiger partial charge in [0.2, 0.25) is 0 Å². The summed E-state index contributed by atoms with van der Waals surface area (Å²) in [5, 5.41) is 1.34. The van der Waals surface area contributed by atoms with Crippen molar-refractivity contribution in [1.82, 2.24) is 0 Å². The lowest BCUT2D eigenvalue weighted by Crippen LogP contribution is -1.96. The van der Waals surface area contributed by atoms with Gasteiger partial charge in [-0.2, -0.15) is 0 Å². The molecule has 0 saturated carbocycles. The minimum Gasteiger partial charge on any atom is -0.428 e. The SMILES string of the molecule is Cc1cc(OP(=S)(S)Oc2ccc(Cl)c(C)c2)ccc1Cl. The maximum atomic E-state index is 5.98. The van der Waals surface area contributed by atoms with Crippen molar-refractivity contribution in [3.05, 3.63) is 57.6 Å². The molecule has 2 nitrogen and oxygen atoms in total. The van der Waals surface area contributed by atoms with Gasteiger partial charge in [-0.05, 0) is 73.2 Å². The first kappa shape index (κ1) is 17.0. The highest BCUT2D eigenvalue weighted by Gasteiger charge is 2.17. The lowest BCUT2D eigenvalue weighted by atomic mass is 10.2. The van der Waals surface area contributed by atoms with Gasteiger partial charge in [0.05, 0.1) is 0 Å². The van der Waals surface area contributed by atoms with Gasteiger partial charge in [0.25, 0.3) is 0 Å². The van der Waals surface area contributed by atoms with Crippen LogP contribution in [0, 0.1) is 13.8 Å². The summed E-state index contributed by atoms with van der Waals surface area (Å²) in [6.45, 7) is 3.78. The van der Waals surface area contributed by atoms with Gasteiger partial charge in [-0.3, -0.25) is 0 Å². The Balaban J connectivity index is 2.15. The molecule has 0 aliphatic heterocycles. The van der Waals surface area contributed by atoms with E-state index < -0.39 is 5.69 Å². The quantitative estimate of drug-likeness (QED) is 0.502. The van der Waals surface area contributed by atoms with Crippen molar-refractivity contribution in [2.45, 2.75) is 13.8 Å². The molecule has 0 aliphatic carbocycles. The topological polar surface area (TPSA) is 18.5 Å². The van der Waals surface area contributed by atoms with Crippen LogP contribution in [0.5, 0.6) is 11.5 Å². The van der Waals surface area contributed by atoms with Crippen LogP contribution < -0.4 is 9.05 Å². The summed E-state index contributed by atoms with van der Waals surface area (Å²) in [6, 6.07) is 10.6. The van der Waals surface area contributed by atoms with Gasteiger partial charge in [-0.15, -0.1) is 0 Å². The fourth-order valence-electron chi connectivity index (χ4n) is 1.63. The molecule has 7 heteroatoms. The van der Waals surface area contributed by atoms with Gasteiger partial charge in [0.15, 0.2) is 0 Å². The van der Waals surface area contributed by atoms with Crippen molar-refractivity contribution in [3.63, 3.8) is 0 Å². The van der Waals surface area contributed by atoms with Crippen LogP contribution in [-0.4, -0.2) is 0 Å². The number of aryl methyl sites for hydroxylation is 2. The number of rotatable bonds is 4. The van der Waals surface area contributed by atoms with E-state index in [2.05, 4.69) is 12.2 Å². The number of hydrogen-bond acceptors (Lipinski definition) is 3. The molecule has 0 unspecified atom stereocenters. The lowest BCUT2D eigenvalue weighted by Gasteiger charge is -2.19. The third-order valence-electron chi connectivity index (χ3n) is 2.70. The molecule has 0 amide bonds. The monoisotopic (exact) mass is 378 g/mol. The predicted molar refractivity (Wildman–Crippen MR) is 96.9 cm³/mol. The Morgan fingerprint density at radius 1 is 0.905 bits per heavy atom. The van der Waals surface area contributed by atoms with Crippen molar-refractivity contribution in [1.29, 1.82) is 0 Å². The fraction of sp³-hybridized carbons (Fsp3) is 0.143. The summed E-state index contributed by atoms with van der Waals surface area (Å²) < 4.78 is 11.4. The molecular formula is C14H13Cl2O2PS2. The number of benzene rings is 2. The van der Waals surface area contributed by atoms with Gasteiger partial charge >= 0.3 is 5.69 Å². The van der Waals surface area contributed by atoms with E-state index in [9.17, 15) is 0 Å². The van der Waals surface area contributed by atoms with E-state index in [4.69, 9.17) is 44.1 Å². The van der Waals surface area contributed by atoms with Gasteiger partial charge in [-0.1, -0.05) is 35.5 Å². The van der Waals surface area contributed by atoms with E-state index in [1.807, 2.05) is 13.8 Å². The first-order valence-electron chi connectivity index (χ1n) is 6.01. The summed E-state index contributed by atoms with van der Waals surface area (Å²) in [7, 11) is 0. The van der Waals surface area contributed by atoms with Crippen molar-refractivity contribution in [3.8, 4) is 11.5 Å². The van der Waals surface area contributed by atoms with Crippen LogP contribution in [0.15, 0.2) is 36.4 Å². The van der Waals surface area contributed by atoms with E-state index in [0.29, 0.717) is 21.5 Å². The standard InChI is InChI=1S/C14H13Cl2O2PS2/c1-9-7-11(3-5-13(9)15)17-19(20,21)18-12-4-6-14(16)10(2)8-12/h3-8H,1-2H3,(H,20,21). The largest absolute Gasteiger partial charge is 0.428 e. The molecule has 0 spiro atoms. The molecule has 0 saturated heterocycles. The number of thiol groups is 1. The minimum atomic E-state index is -2.76. The van der Waals surface area contributed by atoms with Gasteiger partial charge in [-0.25, -0.2) is 0 Å². The molecule has 0 fully saturated rings. The van der Waals surface area contributed by atoms with Crippen molar-refractivity contribution in [2.75, 3.05) is 0 Å².